The monoisotopic (exact) mass is 256 g/mol. The Balaban J connectivity index is 2.22. The highest BCUT2D eigenvalue weighted by Gasteiger charge is 2.15. The zero-order chi connectivity index (χ0) is 12.5. The van der Waals surface area contributed by atoms with Crippen LogP contribution >= 0.6 is 11.3 Å². The molecular formula is C13H12N4S. The Kier molecular flexibility index (Phi) is 2.60. The van der Waals surface area contributed by atoms with Crippen LogP contribution in [0.1, 0.15) is 5.82 Å². The van der Waals surface area contributed by atoms with Crippen LogP contribution in [0.5, 0.6) is 0 Å². The predicted molar refractivity (Wildman–Crippen MR) is 73.8 cm³/mol. The Morgan fingerprint density at radius 3 is 2.56 bits per heavy atom. The van der Waals surface area contributed by atoms with Crippen LogP contribution < -0.4 is 5.73 Å². The number of hydrogen-bond acceptors (Lipinski definition) is 4. The van der Waals surface area contributed by atoms with E-state index in [9.17, 15) is 0 Å². The van der Waals surface area contributed by atoms with Gasteiger partial charge in [-0.3, -0.25) is 4.57 Å². The maximum atomic E-state index is 5.97. The summed E-state index contributed by atoms with van der Waals surface area (Å²) >= 11 is 1.51. The molecular weight excluding hydrogens is 244 g/mol. The van der Waals surface area contributed by atoms with Gasteiger partial charge < -0.3 is 5.73 Å². The summed E-state index contributed by atoms with van der Waals surface area (Å²) in [6.45, 7) is 1.94. The van der Waals surface area contributed by atoms with Gasteiger partial charge in [0.1, 0.15) is 5.82 Å². The molecule has 0 saturated heterocycles. The van der Waals surface area contributed by atoms with Crippen molar-refractivity contribution >= 4 is 16.3 Å². The quantitative estimate of drug-likeness (QED) is 0.767. The van der Waals surface area contributed by atoms with Crippen molar-refractivity contribution in [3.63, 3.8) is 0 Å². The van der Waals surface area contributed by atoms with Gasteiger partial charge in [0.15, 0.2) is 5.82 Å². The van der Waals surface area contributed by atoms with Crippen LogP contribution in [-0.4, -0.2) is 14.8 Å². The lowest BCUT2D eigenvalue weighted by atomic mass is 10.2. The van der Waals surface area contributed by atoms with Gasteiger partial charge in [0.25, 0.3) is 0 Å². The maximum Gasteiger partial charge on any atom is 0.171 e. The molecule has 2 aromatic heterocycles. The van der Waals surface area contributed by atoms with Crippen molar-refractivity contribution in [3.8, 4) is 17.1 Å². The van der Waals surface area contributed by atoms with Crippen LogP contribution in [0.3, 0.4) is 0 Å². The maximum absolute atomic E-state index is 5.97. The molecule has 0 fully saturated rings. The molecule has 1 aromatic carbocycles. The number of hydrogen-bond donors (Lipinski definition) is 1. The number of nitrogen functional groups attached to an aromatic ring is 1. The van der Waals surface area contributed by atoms with Gasteiger partial charge in [0.2, 0.25) is 0 Å². The van der Waals surface area contributed by atoms with Crippen molar-refractivity contribution in [2.75, 3.05) is 5.73 Å². The van der Waals surface area contributed by atoms with E-state index in [1.54, 1.807) is 0 Å². The third kappa shape index (κ3) is 1.69. The SMILES string of the molecule is Cc1nnc(-c2ccsc2N)n1-c1ccccc1. The standard InChI is InChI=1S/C13H12N4S/c1-9-15-16-13(11-7-8-18-12(11)14)17(9)10-5-3-2-4-6-10/h2-8H,14H2,1H3. The minimum absolute atomic E-state index is 0.764. The van der Waals surface area contributed by atoms with Gasteiger partial charge in [0, 0.05) is 5.69 Å². The number of anilines is 1. The summed E-state index contributed by atoms with van der Waals surface area (Å²) in [5, 5.41) is 11.1. The highest BCUT2D eigenvalue weighted by Crippen LogP contribution is 2.31. The van der Waals surface area contributed by atoms with Crippen LogP contribution in [-0.2, 0) is 0 Å². The Hall–Kier alpha value is -2.14. The van der Waals surface area contributed by atoms with Gasteiger partial charge in [-0.1, -0.05) is 18.2 Å². The molecule has 0 atom stereocenters. The molecule has 0 aliphatic carbocycles. The lowest BCUT2D eigenvalue weighted by Gasteiger charge is -2.07. The van der Waals surface area contributed by atoms with Crippen molar-refractivity contribution in [1.29, 1.82) is 0 Å². The summed E-state index contributed by atoms with van der Waals surface area (Å²) in [5.41, 5.74) is 7.94. The molecule has 0 radical (unpaired) electrons. The van der Waals surface area contributed by atoms with Crippen molar-refractivity contribution in [2.45, 2.75) is 6.92 Å². The smallest absolute Gasteiger partial charge is 0.171 e. The first kappa shape index (κ1) is 11.0. The first-order valence-electron chi connectivity index (χ1n) is 5.58. The molecule has 90 valence electrons. The van der Waals surface area contributed by atoms with Gasteiger partial charge in [0.05, 0.1) is 10.6 Å². The third-order valence-electron chi connectivity index (χ3n) is 2.78. The van der Waals surface area contributed by atoms with Crippen molar-refractivity contribution < 1.29 is 0 Å². The number of benzene rings is 1. The van der Waals surface area contributed by atoms with Crippen LogP contribution in [0, 0.1) is 6.92 Å². The van der Waals surface area contributed by atoms with E-state index in [-0.39, 0.29) is 0 Å². The van der Waals surface area contributed by atoms with Crippen molar-refractivity contribution in [1.82, 2.24) is 14.8 Å². The van der Waals surface area contributed by atoms with Gasteiger partial charge in [-0.25, -0.2) is 0 Å². The van der Waals surface area contributed by atoms with E-state index in [4.69, 9.17) is 5.73 Å². The summed E-state index contributed by atoms with van der Waals surface area (Å²) in [6, 6.07) is 12.0. The second kappa shape index (κ2) is 4.27. The molecule has 3 rings (SSSR count). The average Bonchev–Trinajstić information content (AvgIpc) is 2.96. The first-order valence-corrected chi connectivity index (χ1v) is 6.46. The zero-order valence-corrected chi connectivity index (χ0v) is 10.7. The highest BCUT2D eigenvalue weighted by atomic mass is 32.1. The molecule has 0 bridgehead atoms. The number of thiophene rings is 1. The van der Waals surface area contributed by atoms with Crippen LogP contribution in [0.25, 0.3) is 17.1 Å². The fourth-order valence-electron chi connectivity index (χ4n) is 1.93. The molecule has 0 saturated carbocycles. The number of aryl methyl sites for hydroxylation is 1. The molecule has 2 heterocycles. The Bertz CT molecular complexity index is 669. The topological polar surface area (TPSA) is 56.7 Å². The summed E-state index contributed by atoms with van der Waals surface area (Å²) in [7, 11) is 0. The minimum Gasteiger partial charge on any atom is -0.390 e. The molecule has 5 heteroatoms. The Morgan fingerprint density at radius 1 is 1.11 bits per heavy atom. The molecule has 0 amide bonds. The molecule has 0 aliphatic rings. The second-order valence-corrected chi connectivity index (χ2v) is 4.89. The number of nitrogens with two attached hydrogens (primary N) is 1. The van der Waals surface area contributed by atoms with Crippen molar-refractivity contribution in [3.05, 3.63) is 47.6 Å². The summed E-state index contributed by atoms with van der Waals surface area (Å²) in [5.74, 6) is 1.64. The fraction of sp³-hybridized carbons (Fsp3) is 0.0769. The van der Waals surface area contributed by atoms with E-state index in [1.807, 2.05) is 53.3 Å². The number of nitrogens with zero attached hydrogens (tertiary/aromatic N) is 3. The molecule has 4 nitrogen and oxygen atoms in total. The van der Waals surface area contributed by atoms with Crippen LogP contribution in [0.4, 0.5) is 5.00 Å². The van der Waals surface area contributed by atoms with E-state index >= 15 is 0 Å². The minimum atomic E-state index is 0.764. The lowest BCUT2D eigenvalue weighted by molar-refractivity contribution is 0.972. The zero-order valence-electron chi connectivity index (χ0n) is 9.87. The van der Waals surface area contributed by atoms with Crippen LogP contribution in [0.2, 0.25) is 0 Å². The number of para-hydroxylation sites is 1. The first-order chi connectivity index (χ1) is 8.77. The van der Waals surface area contributed by atoms with Gasteiger partial charge in [-0.05, 0) is 30.5 Å². The fourth-order valence-corrected chi connectivity index (χ4v) is 2.57. The highest BCUT2D eigenvalue weighted by molar-refractivity contribution is 7.14. The molecule has 2 N–H and O–H groups in total. The molecule has 3 aromatic rings. The van der Waals surface area contributed by atoms with Crippen LogP contribution in [0.15, 0.2) is 41.8 Å². The van der Waals surface area contributed by atoms with Gasteiger partial charge >= 0.3 is 0 Å². The molecule has 0 spiro atoms. The molecule has 0 unspecified atom stereocenters. The molecule has 0 aliphatic heterocycles. The van der Waals surface area contributed by atoms with E-state index < -0.39 is 0 Å². The summed E-state index contributed by atoms with van der Waals surface area (Å²) < 4.78 is 2.01. The van der Waals surface area contributed by atoms with Crippen molar-refractivity contribution in [2.24, 2.45) is 0 Å². The normalized spacial score (nSPS) is 10.7. The van der Waals surface area contributed by atoms with E-state index in [0.29, 0.717) is 0 Å². The lowest BCUT2D eigenvalue weighted by Crippen LogP contribution is -2.00. The third-order valence-corrected chi connectivity index (χ3v) is 3.52. The average molecular weight is 256 g/mol. The summed E-state index contributed by atoms with van der Waals surface area (Å²) in [6.07, 6.45) is 0. The van der Waals surface area contributed by atoms with Gasteiger partial charge in [-0.2, -0.15) is 0 Å². The molecule has 18 heavy (non-hydrogen) atoms. The largest absolute Gasteiger partial charge is 0.390 e. The Morgan fingerprint density at radius 2 is 1.89 bits per heavy atom. The van der Waals surface area contributed by atoms with E-state index in [2.05, 4.69) is 10.2 Å². The van der Waals surface area contributed by atoms with E-state index in [0.717, 1.165) is 27.9 Å². The van der Waals surface area contributed by atoms with E-state index in [1.165, 1.54) is 11.3 Å². The number of rotatable bonds is 2. The predicted octanol–water partition coefficient (Wildman–Crippen LogP) is 2.89. The number of aromatic nitrogens is 3. The second-order valence-electron chi connectivity index (χ2n) is 3.94. The Labute approximate surface area is 109 Å². The van der Waals surface area contributed by atoms with Gasteiger partial charge in [-0.15, -0.1) is 21.5 Å². The summed E-state index contributed by atoms with van der Waals surface area (Å²) in [4.78, 5) is 0.